The number of hydrogen-bond acceptors (Lipinski definition) is 5. The predicted molar refractivity (Wildman–Crippen MR) is 93.4 cm³/mol. The lowest BCUT2D eigenvalue weighted by Crippen LogP contribution is -2.21. The average Bonchev–Trinajstić information content (AvgIpc) is 3.03. The third-order valence-electron chi connectivity index (χ3n) is 3.13. The first-order valence-electron chi connectivity index (χ1n) is 6.85. The maximum Gasteiger partial charge on any atom is 0.340 e. The number of carbonyl (C=O) groups excluding carboxylic acids is 2. The largest absolute Gasteiger partial charge is 0.452 e. The van der Waals surface area contributed by atoms with Gasteiger partial charge in [0.15, 0.2) is 12.3 Å². The van der Waals surface area contributed by atoms with Gasteiger partial charge < -0.3 is 10.1 Å². The molecule has 128 valence electrons. The molecule has 0 spiro atoms. The summed E-state index contributed by atoms with van der Waals surface area (Å²) in [4.78, 5) is 24.0. The van der Waals surface area contributed by atoms with Crippen molar-refractivity contribution >= 4 is 58.0 Å². The molecule has 1 aromatic carbocycles. The number of nitrogens with one attached hydrogen (secondary N) is 1. The van der Waals surface area contributed by atoms with E-state index in [4.69, 9.17) is 39.5 Å². The zero-order valence-corrected chi connectivity index (χ0v) is 14.6. The van der Waals surface area contributed by atoms with Gasteiger partial charge in [0.2, 0.25) is 0 Å². The molecule has 1 amide bonds. The minimum Gasteiger partial charge on any atom is -0.452 e. The molecule has 0 unspecified atom stereocenters. The second-order valence-corrected chi connectivity index (χ2v) is 6.13. The van der Waals surface area contributed by atoms with Gasteiger partial charge in [0.05, 0.1) is 21.3 Å². The molecule has 3 rings (SSSR count). The van der Waals surface area contributed by atoms with Gasteiger partial charge in [-0.3, -0.25) is 9.20 Å². The molecule has 7 nitrogen and oxygen atoms in total. The van der Waals surface area contributed by atoms with Crippen LogP contribution in [0.1, 0.15) is 10.4 Å². The minimum absolute atomic E-state index is 0.176. The number of aromatic nitrogens is 3. The first kappa shape index (κ1) is 17.5. The second-order valence-electron chi connectivity index (χ2n) is 4.88. The third-order valence-corrected chi connectivity index (χ3v) is 3.95. The highest BCUT2D eigenvalue weighted by Crippen LogP contribution is 2.33. The minimum atomic E-state index is -0.668. The number of rotatable bonds is 4. The Bertz CT molecular complexity index is 951. The number of anilines is 1. The lowest BCUT2D eigenvalue weighted by molar-refractivity contribution is -0.119. The molecule has 0 aliphatic rings. The van der Waals surface area contributed by atoms with Gasteiger partial charge in [-0.15, -0.1) is 10.2 Å². The van der Waals surface area contributed by atoms with Gasteiger partial charge in [0, 0.05) is 11.2 Å². The van der Waals surface area contributed by atoms with Crippen LogP contribution < -0.4 is 5.32 Å². The molecule has 0 radical (unpaired) electrons. The molecule has 0 bridgehead atoms. The summed E-state index contributed by atoms with van der Waals surface area (Å²) < 4.78 is 6.53. The second kappa shape index (κ2) is 7.26. The molecule has 2 heterocycles. The predicted octanol–water partition coefficient (Wildman–Crippen LogP) is 3.49. The number of benzene rings is 1. The lowest BCUT2D eigenvalue weighted by atomic mass is 10.3. The van der Waals surface area contributed by atoms with Crippen LogP contribution in [0.2, 0.25) is 15.1 Å². The lowest BCUT2D eigenvalue weighted by Gasteiger charge is -2.10. The van der Waals surface area contributed by atoms with Crippen molar-refractivity contribution in [3.05, 3.63) is 57.4 Å². The Morgan fingerprint density at radius 3 is 2.60 bits per heavy atom. The Hall–Kier alpha value is -2.35. The number of fused-ring (bicyclic) bond motifs is 1. The van der Waals surface area contributed by atoms with Crippen LogP contribution in [0.5, 0.6) is 0 Å². The molecule has 0 fully saturated rings. The van der Waals surface area contributed by atoms with Crippen LogP contribution in [-0.4, -0.2) is 33.1 Å². The van der Waals surface area contributed by atoms with Gasteiger partial charge in [-0.2, -0.15) is 0 Å². The molecule has 25 heavy (non-hydrogen) atoms. The smallest absolute Gasteiger partial charge is 0.340 e. The van der Waals surface area contributed by atoms with Crippen LogP contribution in [-0.2, 0) is 9.53 Å². The summed E-state index contributed by atoms with van der Waals surface area (Å²) >= 11 is 17.8. The summed E-state index contributed by atoms with van der Waals surface area (Å²) in [5.41, 5.74) is 1.03. The molecule has 10 heteroatoms. The van der Waals surface area contributed by atoms with Crippen LogP contribution in [0, 0.1) is 0 Å². The van der Waals surface area contributed by atoms with Crippen LogP contribution >= 0.6 is 34.8 Å². The zero-order valence-electron chi connectivity index (χ0n) is 12.4. The normalized spacial score (nSPS) is 10.7. The van der Waals surface area contributed by atoms with Crippen LogP contribution in [0.4, 0.5) is 5.69 Å². The van der Waals surface area contributed by atoms with Gasteiger partial charge in [-0.25, -0.2) is 4.79 Å². The molecule has 2 aromatic heterocycles. The van der Waals surface area contributed by atoms with E-state index in [0.29, 0.717) is 10.7 Å². The Morgan fingerprint density at radius 1 is 1.16 bits per heavy atom. The molecule has 1 N–H and O–H groups in total. The topological polar surface area (TPSA) is 85.6 Å². The van der Waals surface area contributed by atoms with Crippen molar-refractivity contribution in [2.45, 2.75) is 0 Å². The maximum absolute atomic E-state index is 12.0. The van der Waals surface area contributed by atoms with Crippen LogP contribution in [0.25, 0.3) is 5.65 Å². The van der Waals surface area contributed by atoms with E-state index in [2.05, 4.69) is 15.5 Å². The van der Waals surface area contributed by atoms with E-state index in [9.17, 15) is 9.59 Å². The van der Waals surface area contributed by atoms with Gasteiger partial charge in [0.25, 0.3) is 5.91 Å². The molecule has 0 saturated carbocycles. The first-order chi connectivity index (χ1) is 11.9. The summed E-state index contributed by atoms with van der Waals surface area (Å²) in [7, 11) is 0. The van der Waals surface area contributed by atoms with E-state index in [1.54, 1.807) is 10.5 Å². The molecule has 0 atom stereocenters. The number of amides is 1. The quantitative estimate of drug-likeness (QED) is 0.679. The summed E-state index contributed by atoms with van der Waals surface area (Å²) in [6.07, 6.45) is 2.95. The number of ether oxygens (including phenoxy) is 1. The van der Waals surface area contributed by atoms with Crippen molar-refractivity contribution < 1.29 is 14.3 Å². The molecular formula is C15H9Cl3N4O3. The monoisotopic (exact) mass is 398 g/mol. The highest BCUT2D eigenvalue weighted by molar-refractivity contribution is 6.42. The average molecular weight is 400 g/mol. The van der Waals surface area contributed by atoms with Crippen LogP contribution in [0.15, 0.2) is 36.8 Å². The summed E-state index contributed by atoms with van der Waals surface area (Å²) in [6.45, 7) is -0.506. The van der Waals surface area contributed by atoms with E-state index < -0.39 is 18.5 Å². The van der Waals surface area contributed by atoms with E-state index in [-0.39, 0.29) is 21.3 Å². The highest BCUT2D eigenvalue weighted by atomic mass is 35.5. The van der Waals surface area contributed by atoms with Crippen molar-refractivity contribution in [2.75, 3.05) is 11.9 Å². The van der Waals surface area contributed by atoms with Crippen molar-refractivity contribution in [3.63, 3.8) is 0 Å². The van der Waals surface area contributed by atoms with Gasteiger partial charge in [0.1, 0.15) is 6.33 Å². The highest BCUT2D eigenvalue weighted by Gasteiger charge is 2.14. The Kier molecular flexibility index (Phi) is 5.08. The number of nitrogens with zero attached hydrogens (tertiary/aromatic N) is 3. The SMILES string of the molecule is O=C(COC(=O)c1ccc2nncn2c1)Nc1c(Cl)cc(Cl)cc1Cl. The number of halogens is 3. The van der Waals surface area contributed by atoms with Gasteiger partial charge in [-0.1, -0.05) is 34.8 Å². The number of hydrogen-bond donors (Lipinski definition) is 1. The van der Waals surface area contributed by atoms with Crippen molar-refractivity contribution in [1.82, 2.24) is 14.6 Å². The third kappa shape index (κ3) is 4.01. The van der Waals surface area contributed by atoms with Gasteiger partial charge in [-0.05, 0) is 24.3 Å². The maximum atomic E-state index is 12.0. The van der Waals surface area contributed by atoms with E-state index in [0.717, 1.165) is 0 Å². The fraction of sp³-hybridized carbons (Fsp3) is 0.0667. The zero-order chi connectivity index (χ0) is 18.0. The molecular weight excluding hydrogens is 391 g/mol. The number of pyridine rings is 1. The standard InChI is InChI=1S/C15H9Cl3N4O3/c16-9-3-10(17)14(11(18)4-9)20-13(23)6-25-15(24)8-1-2-12-21-19-7-22(12)5-8/h1-5,7H,6H2,(H,20,23). The Labute approximate surface area is 156 Å². The molecule has 0 aliphatic heterocycles. The number of carbonyl (C=O) groups is 2. The molecule has 0 aliphatic carbocycles. The number of esters is 1. The van der Waals surface area contributed by atoms with Crippen molar-refractivity contribution in [3.8, 4) is 0 Å². The Balaban J connectivity index is 1.63. The first-order valence-corrected chi connectivity index (χ1v) is 7.98. The fourth-order valence-electron chi connectivity index (χ4n) is 2.00. The summed E-state index contributed by atoms with van der Waals surface area (Å²) in [6, 6.07) is 6.00. The van der Waals surface area contributed by atoms with Crippen molar-refractivity contribution in [2.24, 2.45) is 0 Å². The van der Waals surface area contributed by atoms with E-state index in [1.165, 1.54) is 30.7 Å². The molecule has 3 aromatic rings. The summed E-state index contributed by atoms with van der Waals surface area (Å²) in [5.74, 6) is -1.26. The fourth-order valence-corrected chi connectivity index (χ4v) is 2.91. The van der Waals surface area contributed by atoms with E-state index >= 15 is 0 Å². The Morgan fingerprint density at radius 2 is 1.88 bits per heavy atom. The van der Waals surface area contributed by atoms with Gasteiger partial charge >= 0.3 is 5.97 Å². The van der Waals surface area contributed by atoms with Crippen molar-refractivity contribution in [1.29, 1.82) is 0 Å². The summed E-state index contributed by atoms with van der Waals surface area (Å²) in [5, 5.41) is 10.7. The molecule has 0 saturated heterocycles. The van der Waals surface area contributed by atoms with Crippen LogP contribution in [0.3, 0.4) is 0 Å². The van der Waals surface area contributed by atoms with E-state index in [1.807, 2.05) is 0 Å².